The summed E-state index contributed by atoms with van der Waals surface area (Å²) in [4.78, 5) is 11.6. The highest BCUT2D eigenvalue weighted by Gasteiger charge is 2.01. The summed E-state index contributed by atoms with van der Waals surface area (Å²) in [6, 6.07) is 0. The monoisotopic (exact) mass is 282 g/mol. The molecule has 0 atom stereocenters. The van der Waals surface area contributed by atoms with Crippen molar-refractivity contribution in [1.29, 1.82) is 0 Å². The Balaban J connectivity index is 3.86. The molecule has 3 nitrogen and oxygen atoms in total. The van der Waals surface area contributed by atoms with Crippen molar-refractivity contribution in [3.05, 3.63) is 23.7 Å². The predicted molar refractivity (Wildman–Crippen MR) is 83.9 cm³/mol. The molecule has 0 aliphatic rings. The Morgan fingerprint density at radius 1 is 0.800 bits per heavy atom. The Morgan fingerprint density at radius 2 is 1.20 bits per heavy atom. The maximum absolute atomic E-state index is 11.6. The Bertz CT molecular complexity index is 286. The van der Waals surface area contributed by atoms with Gasteiger partial charge in [-0.1, -0.05) is 39.5 Å². The fourth-order valence-electron chi connectivity index (χ4n) is 1.86. The zero-order valence-corrected chi connectivity index (χ0v) is 13.0. The first kappa shape index (κ1) is 18.8. The van der Waals surface area contributed by atoms with Crippen molar-refractivity contribution in [2.45, 2.75) is 78.1 Å². The summed E-state index contributed by atoms with van der Waals surface area (Å²) in [5.41, 5.74) is 0. The van der Waals surface area contributed by atoms with Crippen LogP contribution in [0, 0.1) is 0 Å². The lowest BCUT2D eigenvalue weighted by Crippen LogP contribution is -1.96. The second-order valence-electron chi connectivity index (χ2n) is 5.25. The highest BCUT2D eigenvalue weighted by Crippen LogP contribution is 2.09. The van der Waals surface area contributed by atoms with E-state index >= 15 is 0 Å². The van der Waals surface area contributed by atoms with Gasteiger partial charge in [-0.2, -0.15) is 0 Å². The Morgan fingerprint density at radius 3 is 1.55 bits per heavy atom. The summed E-state index contributed by atoms with van der Waals surface area (Å²) in [5, 5.41) is 19.2. The number of hydrogen-bond donors (Lipinski definition) is 2. The molecular formula is C17H30O3. The van der Waals surface area contributed by atoms with Gasteiger partial charge in [-0.15, -0.1) is 0 Å². The lowest BCUT2D eigenvalue weighted by molar-refractivity contribution is -0.117. The van der Waals surface area contributed by atoms with Crippen LogP contribution in [0.15, 0.2) is 23.7 Å². The molecule has 0 saturated carbocycles. The molecule has 0 bridgehead atoms. The molecule has 0 radical (unpaired) electrons. The molecule has 0 aliphatic carbocycles. The number of aliphatic hydroxyl groups is 2. The lowest BCUT2D eigenvalue weighted by Gasteiger charge is -2.00. The number of unbranched alkanes of at least 4 members (excludes halogenated alkanes) is 4. The molecule has 0 amide bonds. The van der Waals surface area contributed by atoms with Crippen molar-refractivity contribution in [3.8, 4) is 0 Å². The number of allylic oxidation sites excluding steroid dienone is 4. The van der Waals surface area contributed by atoms with E-state index < -0.39 is 0 Å². The summed E-state index contributed by atoms with van der Waals surface area (Å²) in [5.74, 6) is 0.639. The number of rotatable bonds is 12. The first-order valence-corrected chi connectivity index (χ1v) is 7.87. The quantitative estimate of drug-likeness (QED) is 0.373. The standard InChI is InChI=1S/C17H30O3/c1-3-5-7-9-15(18)11-13-17(20)14-12-16(19)10-8-6-4-2/h11-12,18-19H,3-10,13-14H2,1-2H3. The van der Waals surface area contributed by atoms with Crippen LogP contribution in [0.3, 0.4) is 0 Å². The SMILES string of the molecule is CCCCCC(O)=CCC(=O)CC=C(O)CCCCC. The highest BCUT2D eigenvalue weighted by molar-refractivity contribution is 5.81. The first-order valence-electron chi connectivity index (χ1n) is 7.87. The molecule has 0 spiro atoms. The van der Waals surface area contributed by atoms with Gasteiger partial charge < -0.3 is 10.2 Å². The fraction of sp³-hybridized carbons (Fsp3) is 0.706. The van der Waals surface area contributed by atoms with Crippen molar-refractivity contribution in [2.75, 3.05) is 0 Å². The molecular weight excluding hydrogens is 252 g/mol. The Labute approximate surface area is 123 Å². The number of carbonyl (C=O) groups is 1. The summed E-state index contributed by atoms with van der Waals surface area (Å²) in [6.45, 7) is 4.23. The van der Waals surface area contributed by atoms with Crippen molar-refractivity contribution >= 4 is 5.78 Å². The molecule has 116 valence electrons. The highest BCUT2D eigenvalue weighted by atomic mass is 16.3. The van der Waals surface area contributed by atoms with Crippen LogP contribution < -0.4 is 0 Å². The maximum atomic E-state index is 11.6. The molecule has 0 fully saturated rings. The Hall–Kier alpha value is -1.25. The minimum atomic E-state index is 0.0223. The second-order valence-corrected chi connectivity index (χ2v) is 5.25. The van der Waals surface area contributed by atoms with Gasteiger partial charge in [0.25, 0.3) is 0 Å². The summed E-state index contributed by atoms with van der Waals surface area (Å²) < 4.78 is 0. The molecule has 0 aromatic heterocycles. The summed E-state index contributed by atoms with van der Waals surface area (Å²) >= 11 is 0. The molecule has 0 aliphatic heterocycles. The summed E-state index contributed by atoms with van der Waals surface area (Å²) in [7, 11) is 0. The largest absolute Gasteiger partial charge is 0.513 e. The lowest BCUT2D eigenvalue weighted by atomic mass is 10.1. The molecule has 0 heterocycles. The van der Waals surface area contributed by atoms with Gasteiger partial charge in [0.15, 0.2) is 0 Å². The molecule has 0 saturated heterocycles. The van der Waals surface area contributed by atoms with Crippen molar-refractivity contribution in [2.24, 2.45) is 0 Å². The van der Waals surface area contributed by atoms with E-state index in [1.807, 2.05) is 0 Å². The van der Waals surface area contributed by atoms with E-state index in [2.05, 4.69) is 13.8 Å². The Kier molecular flexibility index (Phi) is 12.0. The fourth-order valence-corrected chi connectivity index (χ4v) is 1.86. The zero-order valence-electron chi connectivity index (χ0n) is 13.0. The van der Waals surface area contributed by atoms with Crippen molar-refractivity contribution < 1.29 is 15.0 Å². The van der Waals surface area contributed by atoms with Crippen LogP contribution in [0.1, 0.15) is 78.1 Å². The molecule has 0 aromatic carbocycles. The third-order valence-electron chi connectivity index (χ3n) is 3.20. The molecule has 0 rings (SSSR count). The van der Waals surface area contributed by atoms with Gasteiger partial charge in [-0.05, 0) is 25.0 Å². The van der Waals surface area contributed by atoms with Gasteiger partial charge in [-0.25, -0.2) is 0 Å². The molecule has 0 unspecified atom stereocenters. The smallest absolute Gasteiger partial charge is 0.140 e. The van der Waals surface area contributed by atoms with Crippen LogP contribution in [0.5, 0.6) is 0 Å². The number of aliphatic hydroxyl groups excluding tert-OH is 2. The molecule has 3 heteroatoms. The molecule has 0 aromatic rings. The topological polar surface area (TPSA) is 57.5 Å². The van der Waals surface area contributed by atoms with Gasteiger partial charge in [0.2, 0.25) is 0 Å². The van der Waals surface area contributed by atoms with E-state index in [9.17, 15) is 15.0 Å². The van der Waals surface area contributed by atoms with Crippen LogP contribution >= 0.6 is 0 Å². The number of Topliss-reactive ketones (excluding diaryl/α,β-unsaturated/α-hetero) is 1. The van der Waals surface area contributed by atoms with Crippen molar-refractivity contribution in [1.82, 2.24) is 0 Å². The number of hydrogen-bond acceptors (Lipinski definition) is 3. The van der Waals surface area contributed by atoms with Gasteiger partial charge >= 0.3 is 0 Å². The van der Waals surface area contributed by atoms with E-state index in [0.29, 0.717) is 24.4 Å². The van der Waals surface area contributed by atoms with Crippen LogP contribution in [0.4, 0.5) is 0 Å². The molecule has 2 N–H and O–H groups in total. The number of carbonyl (C=O) groups excluding carboxylic acids is 1. The van der Waals surface area contributed by atoms with E-state index in [4.69, 9.17) is 0 Å². The first-order chi connectivity index (χ1) is 9.60. The van der Waals surface area contributed by atoms with E-state index in [1.54, 1.807) is 12.2 Å². The third-order valence-corrected chi connectivity index (χ3v) is 3.20. The van der Waals surface area contributed by atoms with Gasteiger partial charge in [0, 0.05) is 25.7 Å². The van der Waals surface area contributed by atoms with Gasteiger partial charge in [0.1, 0.15) is 5.78 Å². The minimum Gasteiger partial charge on any atom is -0.513 e. The summed E-state index contributed by atoms with van der Waals surface area (Å²) in [6.07, 6.45) is 11.4. The minimum absolute atomic E-state index is 0.0223. The van der Waals surface area contributed by atoms with Crippen molar-refractivity contribution in [3.63, 3.8) is 0 Å². The maximum Gasteiger partial charge on any atom is 0.140 e. The van der Waals surface area contributed by atoms with Crippen LogP contribution in [-0.2, 0) is 4.79 Å². The third kappa shape index (κ3) is 11.8. The van der Waals surface area contributed by atoms with Crippen LogP contribution in [0.25, 0.3) is 0 Å². The second kappa shape index (κ2) is 12.8. The average Bonchev–Trinajstić information content (AvgIpc) is 2.43. The zero-order chi connectivity index (χ0) is 15.2. The predicted octanol–water partition coefficient (Wildman–Crippen LogP) is 5.38. The van der Waals surface area contributed by atoms with Gasteiger partial charge in [-0.3, -0.25) is 4.79 Å². The number of ketones is 1. The van der Waals surface area contributed by atoms with E-state index in [0.717, 1.165) is 38.5 Å². The van der Waals surface area contributed by atoms with E-state index in [1.165, 1.54) is 0 Å². The van der Waals surface area contributed by atoms with Gasteiger partial charge in [0.05, 0.1) is 11.5 Å². The average molecular weight is 282 g/mol. The molecule has 20 heavy (non-hydrogen) atoms. The normalized spacial score (nSPS) is 12.7. The van der Waals surface area contributed by atoms with E-state index in [-0.39, 0.29) is 18.6 Å². The van der Waals surface area contributed by atoms with Crippen LogP contribution in [-0.4, -0.2) is 16.0 Å². The van der Waals surface area contributed by atoms with Crippen LogP contribution in [0.2, 0.25) is 0 Å².